The van der Waals surface area contributed by atoms with Crippen LogP contribution in [0.3, 0.4) is 0 Å². The normalized spacial score (nSPS) is 11.4. The molecule has 0 saturated heterocycles. The summed E-state index contributed by atoms with van der Waals surface area (Å²) in [7, 11) is 0. The average molecular weight is 358 g/mol. The van der Waals surface area contributed by atoms with Gasteiger partial charge in [-0.3, -0.25) is 0 Å². The van der Waals surface area contributed by atoms with Crippen LogP contribution in [-0.2, 0) is 0 Å². The third kappa shape index (κ3) is 2.55. The van der Waals surface area contributed by atoms with E-state index in [4.69, 9.17) is 4.74 Å². The summed E-state index contributed by atoms with van der Waals surface area (Å²) < 4.78 is 49.3. The van der Waals surface area contributed by atoms with Crippen molar-refractivity contribution in [3.63, 3.8) is 0 Å². The average Bonchev–Trinajstić information content (AvgIpc) is 2.96. The van der Waals surface area contributed by atoms with Gasteiger partial charge in [-0.05, 0) is 49.2 Å². The van der Waals surface area contributed by atoms with Crippen molar-refractivity contribution in [2.24, 2.45) is 0 Å². The maximum Gasteiger partial charge on any atom is 0.183 e. The minimum absolute atomic E-state index is 0.0491. The second kappa shape index (κ2) is 5.77. The Hall–Kier alpha value is -2.53. The quantitative estimate of drug-likeness (QED) is 0.379. The summed E-state index contributed by atoms with van der Waals surface area (Å²) in [6, 6.07) is 11.0. The number of fused-ring (bicyclic) bond motifs is 3. The standard InChI is InChI=1S/C20H13F3OS/c1-10-3-7-15(14(21)9-10)24-16-8-6-13-12-5-4-11(2)17(22)19(12)25-20(13)18(16)23/h3-9H,1-2H3. The van der Waals surface area contributed by atoms with Gasteiger partial charge in [0, 0.05) is 10.8 Å². The molecule has 25 heavy (non-hydrogen) atoms. The lowest BCUT2D eigenvalue weighted by atomic mass is 10.1. The minimum atomic E-state index is -0.615. The molecule has 0 atom stereocenters. The van der Waals surface area contributed by atoms with E-state index in [0.717, 1.165) is 16.9 Å². The summed E-state index contributed by atoms with van der Waals surface area (Å²) in [6.07, 6.45) is 0. The monoisotopic (exact) mass is 358 g/mol. The van der Waals surface area contributed by atoms with Gasteiger partial charge in [0.05, 0.1) is 9.40 Å². The molecule has 0 amide bonds. The Morgan fingerprint density at radius 1 is 0.760 bits per heavy atom. The maximum atomic E-state index is 14.9. The lowest BCUT2D eigenvalue weighted by Crippen LogP contribution is -1.92. The highest BCUT2D eigenvalue weighted by Gasteiger charge is 2.18. The van der Waals surface area contributed by atoms with Crippen LogP contribution in [0.25, 0.3) is 20.2 Å². The highest BCUT2D eigenvalue weighted by molar-refractivity contribution is 7.25. The first-order valence-electron chi connectivity index (χ1n) is 7.69. The van der Waals surface area contributed by atoms with E-state index in [2.05, 4.69) is 0 Å². The van der Waals surface area contributed by atoms with Crippen LogP contribution < -0.4 is 4.74 Å². The topological polar surface area (TPSA) is 9.23 Å². The smallest absolute Gasteiger partial charge is 0.183 e. The lowest BCUT2D eigenvalue weighted by Gasteiger charge is -2.08. The Labute approximate surface area is 146 Å². The zero-order valence-electron chi connectivity index (χ0n) is 13.5. The predicted octanol–water partition coefficient (Wildman–Crippen LogP) is 6.88. The van der Waals surface area contributed by atoms with E-state index < -0.39 is 11.6 Å². The van der Waals surface area contributed by atoms with Gasteiger partial charge in [0.25, 0.3) is 0 Å². The minimum Gasteiger partial charge on any atom is -0.451 e. The number of aryl methyl sites for hydroxylation is 2. The van der Waals surface area contributed by atoms with Gasteiger partial charge in [-0.25, -0.2) is 13.2 Å². The van der Waals surface area contributed by atoms with Crippen LogP contribution in [-0.4, -0.2) is 0 Å². The van der Waals surface area contributed by atoms with Crippen molar-refractivity contribution in [1.29, 1.82) is 0 Å². The molecular formula is C20H13F3OS. The SMILES string of the molecule is Cc1ccc(Oc2ccc3c(sc4c(F)c(C)ccc43)c2F)c(F)c1. The number of rotatable bonds is 2. The number of halogens is 3. The molecule has 4 aromatic rings. The second-order valence-electron chi connectivity index (χ2n) is 5.97. The largest absolute Gasteiger partial charge is 0.451 e. The summed E-state index contributed by atoms with van der Waals surface area (Å²) in [6.45, 7) is 3.43. The van der Waals surface area contributed by atoms with Crippen molar-refractivity contribution in [3.05, 3.63) is 71.0 Å². The molecule has 0 aliphatic rings. The van der Waals surface area contributed by atoms with Crippen molar-refractivity contribution >= 4 is 31.5 Å². The van der Waals surface area contributed by atoms with Crippen molar-refractivity contribution in [2.75, 3.05) is 0 Å². The molecule has 0 bridgehead atoms. The zero-order valence-corrected chi connectivity index (χ0v) is 14.3. The van der Waals surface area contributed by atoms with E-state index in [-0.39, 0.29) is 17.3 Å². The van der Waals surface area contributed by atoms with E-state index in [9.17, 15) is 13.2 Å². The lowest BCUT2D eigenvalue weighted by molar-refractivity contribution is 0.417. The summed E-state index contributed by atoms with van der Waals surface area (Å²) in [5, 5.41) is 1.28. The summed E-state index contributed by atoms with van der Waals surface area (Å²) in [5.74, 6) is -1.65. The van der Waals surface area contributed by atoms with Crippen molar-refractivity contribution in [1.82, 2.24) is 0 Å². The van der Waals surface area contributed by atoms with Crippen LogP contribution >= 0.6 is 11.3 Å². The third-order valence-corrected chi connectivity index (χ3v) is 5.36. The van der Waals surface area contributed by atoms with Crippen LogP contribution in [0.5, 0.6) is 11.5 Å². The van der Waals surface area contributed by atoms with Crippen LogP contribution in [0.15, 0.2) is 42.5 Å². The Morgan fingerprint density at radius 3 is 2.12 bits per heavy atom. The van der Waals surface area contributed by atoms with Gasteiger partial charge in [0.2, 0.25) is 0 Å². The molecule has 0 aliphatic carbocycles. The highest BCUT2D eigenvalue weighted by atomic mass is 32.1. The Balaban J connectivity index is 1.87. The van der Waals surface area contributed by atoms with Gasteiger partial charge >= 0.3 is 0 Å². The van der Waals surface area contributed by atoms with Gasteiger partial charge in [-0.15, -0.1) is 11.3 Å². The number of benzene rings is 3. The molecule has 4 rings (SSSR count). The molecule has 1 heterocycles. The van der Waals surface area contributed by atoms with Crippen molar-refractivity contribution < 1.29 is 17.9 Å². The fourth-order valence-corrected chi connectivity index (χ4v) is 4.03. The number of hydrogen-bond donors (Lipinski definition) is 0. The van der Waals surface area contributed by atoms with E-state index >= 15 is 0 Å². The summed E-state index contributed by atoms with van der Waals surface area (Å²) in [5.41, 5.74) is 1.26. The van der Waals surface area contributed by atoms with Crippen LogP contribution in [0.2, 0.25) is 0 Å². The highest BCUT2D eigenvalue weighted by Crippen LogP contribution is 2.41. The molecule has 0 spiro atoms. The van der Waals surface area contributed by atoms with Gasteiger partial charge in [0.1, 0.15) is 5.82 Å². The molecular weight excluding hydrogens is 345 g/mol. The number of hydrogen-bond acceptors (Lipinski definition) is 2. The van der Waals surface area contributed by atoms with Crippen LogP contribution in [0, 0.1) is 31.3 Å². The molecule has 126 valence electrons. The summed E-state index contributed by atoms with van der Waals surface area (Å²) >= 11 is 1.04. The van der Waals surface area contributed by atoms with Crippen molar-refractivity contribution in [3.8, 4) is 11.5 Å². The molecule has 0 fully saturated rings. The van der Waals surface area contributed by atoms with E-state index in [0.29, 0.717) is 25.7 Å². The fraction of sp³-hybridized carbons (Fsp3) is 0.100. The zero-order chi connectivity index (χ0) is 17.7. The molecule has 5 heteroatoms. The van der Waals surface area contributed by atoms with Gasteiger partial charge < -0.3 is 4.74 Å². The summed E-state index contributed by atoms with van der Waals surface area (Å²) in [4.78, 5) is 0. The van der Waals surface area contributed by atoms with E-state index in [1.54, 1.807) is 38.1 Å². The van der Waals surface area contributed by atoms with Crippen LogP contribution in [0.4, 0.5) is 13.2 Å². The molecule has 0 aliphatic heterocycles. The predicted molar refractivity (Wildman–Crippen MR) is 95.2 cm³/mol. The molecule has 0 N–H and O–H groups in total. The van der Waals surface area contributed by atoms with Gasteiger partial charge in [0.15, 0.2) is 23.1 Å². The first-order chi connectivity index (χ1) is 12.0. The molecule has 0 radical (unpaired) electrons. The Kier molecular flexibility index (Phi) is 3.69. The van der Waals surface area contributed by atoms with Gasteiger partial charge in [-0.1, -0.05) is 18.2 Å². The molecule has 3 aromatic carbocycles. The first kappa shape index (κ1) is 16.0. The molecule has 0 saturated carbocycles. The fourth-order valence-electron chi connectivity index (χ4n) is 2.80. The molecule has 1 aromatic heterocycles. The Bertz CT molecular complexity index is 1130. The Morgan fingerprint density at radius 2 is 1.40 bits per heavy atom. The maximum absolute atomic E-state index is 14.9. The number of ether oxygens (including phenoxy) is 1. The molecule has 0 unspecified atom stereocenters. The van der Waals surface area contributed by atoms with Crippen LogP contribution in [0.1, 0.15) is 11.1 Å². The molecule has 1 nitrogen and oxygen atoms in total. The second-order valence-corrected chi connectivity index (χ2v) is 6.99. The van der Waals surface area contributed by atoms with Crippen molar-refractivity contribution in [2.45, 2.75) is 13.8 Å². The first-order valence-corrected chi connectivity index (χ1v) is 8.51. The van der Waals surface area contributed by atoms with Gasteiger partial charge in [-0.2, -0.15) is 0 Å². The third-order valence-electron chi connectivity index (χ3n) is 4.15. The van der Waals surface area contributed by atoms with E-state index in [1.807, 2.05) is 0 Å². The van der Waals surface area contributed by atoms with E-state index in [1.165, 1.54) is 18.2 Å². The number of thiophene rings is 1.